The van der Waals surface area contributed by atoms with Gasteiger partial charge < -0.3 is 11.1 Å². The number of thioether (sulfide) groups is 1. The summed E-state index contributed by atoms with van der Waals surface area (Å²) in [4.78, 5) is 11.6. The van der Waals surface area contributed by atoms with Gasteiger partial charge in [0.25, 0.3) is 0 Å². The lowest BCUT2D eigenvalue weighted by atomic mass is 9.97. The molecule has 3 N–H and O–H groups in total. The molecule has 0 spiro atoms. The summed E-state index contributed by atoms with van der Waals surface area (Å²) in [6.07, 6.45) is 9.42. The van der Waals surface area contributed by atoms with Gasteiger partial charge in [0.1, 0.15) is 0 Å². The van der Waals surface area contributed by atoms with Crippen molar-refractivity contribution < 1.29 is 4.79 Å². The molecule has 0 aliphatic heterocycles. The monoisotopic (exact) mass is 270 g/mol. The molecule has 0 bridgehead atoms. The van der Waals surface area contributed by atoms with Crippen LogP contribution in [0.25, 0.3) is 0 Å². The molecular weight excluding hydrogens is 244 g/mol. The fourth-order valence-corrected chi connectivity index (χ4v) is 2.92. The molecule has 0 heterocycles. The van der Waals surface area contributed by atoms with E-state index in [1.165, 1.54) is 31.3 Å². The van der Waals surface area contributed by atoms with Gasteiger partial charge in [-0.3, -0.25) is 4.79 Å². The van der Waals surface area contributed by atoms with Crippen molar-refractivity contribution in [3.8, 4) is 0 Å². The lowest BCUT2D eigenvalue weighted by molar-refractivity contribution is -0.118. The fourth-order valence-electron chi connectivity index (χ4n) is 2.08. The van der Waals surface area contributed by atoms with Crippen LogP contribution < -0.4 is 11.1 Å². The average molecular weight is 270 g/mol. The van der Waals surface area contributed by atoms with Gasteiger partial charge in [0.2, 0.25) is 5.91 Å². The number of carbonyl (C=O) groups excluding carboxylic acids is 1. The van der Waals surface area contributed by atoms with Crippen LogP contribution in [0.2, 0.25) is 0 Å². The molecule has 0 aromatic carbocycles. The summed E-state index contributed by atoms with van der Waals surface area (Å²) in [5.41, 5.74) is 7.00. The van der Waals surface area contributed by atoms with Crippen molar-refractivity contribution in [1.29, 1.82) is 0 Å². The summed E-state index contributed by atoms with van der Waals surface area (Å²) in [6, 6.07) is 0. The second-order valence-corrected chi connectivity index (χ2v) is 6.33. The molecule has 1 rings (SSSR count). The van der Waals surface area contributed by atoms with E-state index in [4.69, 9.17) is 5.73 Å². The second-order valence-electron chi connectivity index (χ2n) is 4.91. The SMILES string of the molecule is CC(CCN)SCC(=O)NCCC1=CCCCC1. The van der Waals surface area contributed by atoms with Crippen LogP contribution in [0.5, 0.6) is 0 Å². The largest absolute Gasteiger partial charge is 0.355 e. The van der Waals surface area contributed by atoms with E-state index < -0.39 is 0 Å². The lowest BCUT2D eigenvalue weighted by Gasteiger charge is -2.13. The van der Waals surface area contributed by atoms with E-state index in [1.807, 2.05) is 0 Å². The van der Waals surface area contributed by atoms with Crippen LogP contribution in [0, 0.1) is 0 Å². The van der Waals surface area contributed by atoms with Crippen molar-refractivity contribution in [3.63, 3.8) is 0 Å². The van der Waals surface area contributed by atoms with Crippen LogP contribution in [0.4, 0.5) is 0 Å². The number of nitrogens with two attached hydrogens (primary N) is 1. The third-order valence-electron chi connectivity index (χ3n) is 3.23. The highest BCUT2D eigenvalue weighted by Gasteiger charge is 2.07. The highest BCUT2D eigenvalue weighted by molar-refractivity contribution is 8.00. The number of nitrogens with one attached hydrogen (secondary N) is 1. The fraction of sp³-hybridized carbons (Fsp3) is 0.786. The smallest absolute Gasteiger partial charge is 0.230 e. The van der Waals surface area contributed by atoms with Gasteiger partial charge in [-0.05, 0) is 45.1 Å². The van der Waals surface area contributed by atoms with Crippen molar-refractivity contribution >= 4 is 17.7 Å². The summed E-state index contributed by atoms with van der Waals surface area (Å²) < 4.78 is 0. The van der Waals surface area contributed by atoms with E-state index in [1.54, 1.807) is 11.8 Å². The van der Waals surface area contributed by atoms with E-state index in [0.717, 1.165) is 19.4 Å². The summed E-state index contributed by atoms with van der Waals surface area (Å²) in [5.74, 6) is 0.709. The zero-order chi connectivity index (χ0) is 13.2. The molecule has 1 aliphatic carbocycles. The zero-order valence-corrected chi connectivity index (χ0v) is 12.2. The first-order chi connectivity index (χ1) is 8.72. The third kappa shape index (κ3) is 7.07. The lowest BCUT2D eigenvalue weighted by Crippen LogP contribution is -2.27. The first-order valence-corrected chi connectivity index (χ1v) is 8.03. The van der Waals surface area contributed by atoms with E-state index in [-0.39, 0.29) is 5.91 Å². The van der Waals surface area contributed by atoms with Gasteiger partial charge in [-0.25, -0.2) is 0 Å². The van der Waals surface area contributed by atoms with Gasteiger partial charge in [-0.2, -0.15) is 0 Å². The van der Waals surface area contributed by atoms with Crippen molar-refractivity contribution in [2.24, 2.45) is 5.73 Å². The topological polar surface area (TPSA) is 55.1 Å². The van der Waals surface area contributed by atoms with Crippen molar-refractivity contribution in [3.05, 3.63) is 11.6 Å². The van der Waals surface area contributed by atoms with Gasteiger partial charge >= 0.3 is 0 Å². The van der Waals surface area contributed by atoms with E-state index in [9.17, 15) is 4.79 Å². The molecule has 0 saturated heterocycles. The number of carbonyl (C=O) groups is 1. The third-order valence-corrected chi connectivity index (χ3v) is 4.46. The summed E-state index contributed by atoms with van der Waals surface area (Å²) >= 11 is 1.69. The molecule has 1 aliphatic rings. The maximum absolute atomic E-state index is 11.6. The predicted molar refractivity (Wildman–Crippen MR) is 79.8 cm³/mol. The number of hydrogen-bond acceptors (Lipinski definition) is 3. The molecule has 1 atom stereocenters. The molecule has 0 saturated carbocycles. The minimum absolute atomic E-state index is 0.153. The molecule has 18 heavy (non-hydrogen) atoms. The number of amides is 1. The van der Waals surface area contributed by atoms with Crippen molar-refractivity contribution in [1.82, 2.24) is 5.32 Å². The second kappa shape index (κ2) is 9.45. The Labute approximate surface area is 115 Å². The zero-order valence-electron chi connectivity index (χ0n) is 11.4. The number of hydrogen-bond donors (Lipinski definition) is 2. The molecule has 104 valence electrons. The standard InChI is InChI=1S/C14H26N2OS/c1-12(7-9-15)18-11-14(17)16-10-8-13-5-3-2-4-6-13/h5,12H,2-4,6-11,15H2,1H3,(H,16,17). The minimum atomic E-state index is 0.153. The molecule has 4 heteroatoms. The number of allylic oxidation sites excluding steroid dienone is 1. The summed E-state index contributed by atoms with van der Waals surface area (Å²) in [6.45, 7) is 3.61. The van der Waals surface area contributed by atoms with Gasteiger partial charge in [-0.15, -0.1) is 11.8 Å². The Morgan fingerprint density at radius 3 is 3.06 bits per heavy atom. The van der Waals surface area contributed by atoms with E-state index in [2.05, 4.69) is 18.3 Å². The molecule has 0 fully saturated rings. The van der Waals surface area contributed by atoms with Crippen LogP contribution in [-0.4, -0.2) is 30.0 Å². The Morgan fingerprint density at radius 2 is 2.39 bits per heavy atom. The molecule has 0 radical (unpaired) electrons. The number of rotatable bonds is 8. The molecule has 0 aromatic heterocycles. The Balaban J connectivity index is 2.04. The average Bonchev–Trinajstić information content (AvgIpc) is 2.38. The molecular formula is C14H26N2OS. The molecule has 0 aromatic rings. The van der Waals surface area contributed by atoms with E-state index >= 15 is 0 Å². The molecule has 1 amide bonds. The van der Waals surface area contributed by atoms with Gasteiger partial charge in [0, 0.05) is 11.8 Å². The van der Waals surface area contributed by atoms with Crippen LogP contribution in [0.1, 0.15) is 45.4 Å². The van der Waals surface area contributed by atoms with Crippen LogP contribution in [-0.2, 0) is 4.79 Å². The summed E-state index contributed by atoms with van der Waals surface area (Å²) in [5, 5.41) is 3.47. The maximum Gasteiger partial charge on any atom is 0.230 e. The Kier molecular flexibility index (Phi) is 8.18. The van der Waals surface area contributed by atoms with Crippen LogP contribution in [0.3, 0.4) is 0 Å². The first-order valence-electron chi connectivity index (χ1n) is 6.98. The van der Waals surface area contributed by atoms with Gasteiger partial charge in [0.15, 0.2) is 0 Å². The first kappa shape index (κ1) is 15.6. The highest BCUT2D eigenvalue weighted by atomic mass is 32.2. The Hall–Kier alpha value is -0.480. The predicted octanol–water partition coefficient (Wildman–Crippen LogP) is 2.46. The quantitative estimate of drug-likeness (QED) is 0.666. The van der Waals surface area contributed by atoms with Gasteiger partial charge in [-0.1, -0.05) is 18.6 Å². The Bertz CT molecular complexity index is 279. The minimum Gasteiger partial charge on any atom is -0.355 e. The van der Waals surface area contributed by atoms with Crippen LogP contribution in [0.15, 0.2) is 11.6 Å². The van der Waals surface area contributed by atoms with Crippen molar-refractivity contribution in [2.45, 2.75) is 50.7 Å². The highest BCUT2D eigenvalue weighted by Crippen LogP contribution is 2.19. The van der Waals surface area contributed by atoms with E-state index in [0.29, 0.717) is 17.5 Å². The normalized spacial score (nSPS) is 17.1. The molecule has 1 unspecified atom stereocenters. The van der Waals surface area contributed by atoms with Crippen molar-refractivity contribution in [2.75, 3.05) is 18.8 Å². The summed E-state index contributed by atoms with van der Waals surface area (Å²) in [7, 11) is 0. The maximum atomic E-state index is 11.6. The Morgan fingerprint density at radius 1 is 1.56 bits per heavy atom. The van der Waals surface area contributed by atoms with Gasteiger partial charge in [0.05, 0.1) is 5.75 Å². The van der Waals surface area contributed by atoms with Crippen LogP contribution >= 0.6 is 11.8 Å². The molecule has 3 nitrogen and oxygen atoms in total.